The monoisotopic (exact) mass is 372 g/mol. The molecule has 0 atom stereocenters. The number of thioether (sulfide) groups is 1. The molecule has 0 N–H and O–H groups in total. The first-order valence-electron chi connectivity index (χ1n) is 9.60. The van der Waals surface area contributed by atoms with Gasteiger partial charge in [0.25, 0.3) is 0 Å². The number of rotatable bonds is 9. The third kappa shape index (κ3) is 4.47. The SMILES string of the molecule is CCCCCCCc1nnc(SCC(=O)N2CCc3ccccc32)n1C. The van der Waals surface area contributed by atoms with Gasteiger partial charge in [0, 0.05) is 25.7 Å². The molecule has 1 aliphatic rings. The molecule has 0 saturated heterocycles. The molecule has 26 heavy (non-hydrogen) atoms. The van der Waals surface area contributed by atoms with E-state index in [1.54, 1.807) is 0 Å². The number of unbranched alkanes of at least 4 members (excludes halogenated alkanes) is 4. The second-order valence-corrected chi connectivity index (χ2v) is 7.78. The van der Waals surface area contributed by atoms with Gasteiger partial charge in [-0.05, 0) is 24.5 Å². The van der Waals surface area contributed by atoms with Gasteiger partial charge in [-0.2, -0.15) is 0 Å². The number of amides is 1. The summed E-state index contributed by atoms with van der Waals surface area (Å²) in [5, 5.41) is 9.42. The number of carbonyl (C=O) groups is 1. The second-order valence-electron chi connectivity index (χ2n) is 6.83. The van der Waals surface area contributed by atoms with Crippen molar-refractivity contribution in [3.8, 4) is 0 Å². The number of para-hydroxylation sites is 1. The third-order valence-corrected chi connectivity index (χ3v) is 5.95. The maximum Gasteiger partial charge on any atom is 0.237 e. The highest BCUT2D eigenvalue weighted by Crippen LogP contribution is 2.28. The molecule has 0 aliphatic carbocycles. The number of anilines is 1. The summed E-state index contributed by atoms with van der Waals surface area (Å²) in [7, 11) is 2.00. The highest BCUT2D eigenvalue weighted by molar-refractivity contribution is 7.99. The standard InChI is InChI=1S/C20H28N4OS/c1-3-4-5-6-7-12-18-21-22-20(23(18)2)26-15-19(25)24-14-13-16-10-8-9-11-17(16)24/h8-11H,3-7,12-15H2,1-2H3. The van der Waals surface area contributed by atoms with Crippen LogP contribution in [0.5, 0.6) is 0 Å². The minimum Gasteiger partial charge on any atom is -0.311 e. The Morgan fingerprint density at radius 3 is 2.81 bits per heavy atom. The summed E-state index contributed by atoms with van der Waals surface area (Å²) < 4.78 is 2.04. The number of nitrogens with zero attached hydrogens (tertiary/aromatic N) is 4. The van der Waals surface area contributed by atoms with Crippen LogP contribution in [-0.2, 0) is 24.7 Å². The first kappa shape index (κ1) is 19.0. The second kappa shape index (κ2) is 9.21. The summed E-state index contributed by atoms with van der Waals surface area (Å²) >= 11 is 1.48. The molecule has 140 valence electrons. The van der Waals surface area contributed by atoms with Gasteiger partial charge in [-0.3, -0.25) is 4.79 Å². The van der Waals surface area contributed by atoms with E-state index in [-0.39, 0.29) is 5.91 Å². The normalized spacial score (nSPS) is 13.2. The molecule has 0 radical (unpaired) electrons. The molecule has 6 heteroatoms. The molecule has 1 amide bonds. The number of aryl methyl sites for hydroxylation is 1. The van der Waals surface area contributed by atoms with Crippen LogP contribution in [0.2, 0.25) is 0 Å². The molecule has 1 aliphatic heterocycles. The summed E-state index contributed by atoms with van der Waals surface area (Å²) in [6.45, 7) is 3.01. The Morgan fingerprint density at radius 1 is 1.15 bits per heavy atom. The average Bonchev–Trinajstić information content (AvgIpc) is 3.24. The van der Waals surface area contributed by atoms with E-state index in [1.165, 1.54) is 43.0 Å². The van der Waals surface area contributed by atoms with Gasteiger partial charge in [0.2, 0.25) is 5.91 Å². The smallest absolute Gasteiger partial charge is 0.237 e. The molecule has 1 aromatic heterocycles. The van der Waals surface area contributed by atoms with Gasteiger partial charge in [-0.15, -0.1) is 10.2 Å². The molecule has 0 unspecified atom stereocenters. The van der Waals surface area contributed by atoms with E-state index in [0.29, 0.717) is 5.75 Å². The van der Waals surface area contributed by atoms with Crippen molar-refractivity contribution in [3.63, 3.8) is 0 Å². The Hall–Kier alpha value is -1.82. The van der Waals surface area contributed by atoms with E-state index in [4.69, 9.17) is 0 Å². The Kier molecular flexibility index (Phi) is 6.72. The van der Waals surface area contributed by atoms with E-state index in [1.807, 2.05) is 34.7 Å². The summed E-state index contributed by atoms with van der Waals surface area (Å²) in [5.41, 5.74) is 2.32. The molecule has 0 fully saturated rings. The summed E-state index contributed by atoms with van der Waals surface area (Å²) in [5.74, 6) is 1.56. The lowest BCUT2D eigenvalue weighted by Gasteiger charge is -2.16. The van der Waals surface area contributed by atoms with Crippen LogP contribution in [0.15, 0.2) is 29.4 Å². The van der Waals surface area contributed by atoms with Crippen LogP contribution >= 0.6 is 11.8 Å². The van der Waals surface area contributed by atoms with E-state index in [2.05, 4.69) is 23.2 Å². The number of fused-ring (bicyclic) bond motifs is 1. The van der Waals surface area contributed by atoms with Crippen LogP contribution in [0, 0.1) is 0 Å². The van der Waals surface area contributed by atoms with Gasteiger partial charge < -0.3 is 9.47 Å². The molecule has 0 spiro atoms. The minimum atomic E-state index is 0.143. The number of hydrogen-bond donors (Lipinski definition) is 0. The number of aromatic nitrogens is 3. The van der Waals surface area contributed by atoms with Crippen LogP contribution in [-0.4, -0.2) is 33.0 Å². The van der Waals surface area contributed by atoms with E-state index in [9.17, 15) is 4.79 Å². The fourth-order valence-corrected chi connectivity index (χ4v) is 4.18. The summed E-state index contributed by atoms with van der Waals surface area (Å²) in [4.78, 5) is 14.5. The van der Waals surface area contributed by atoms with Gasteiger partial charge >= 0.3 is 0 Å². The Morgan fingerprint density at radius 2 is 1.96 bits per heavy atom. The average molecular weight is 373 g/mol. The van der Waals surface area contributed by atoms with Crippen molar-refractivity contribution < 1.29 is 4.79 Å². The molecular formula is C20H28N4OS. The quantitative estimate of drug-likeness (QED) is 0.493. The van der Waals surface area contributed by atoms with Gasteiger partial charge in [-0.1, -0.05) is 62.6 Å². The lowest BCUT2D eigenvalue weighted by atomic mass is 10.1. The summed E-state index contributed by atoms with van der Waals surface area (Å²) in [6, 6.07) is 8.16. The predicted molar refractivity (Wildman–Crippen MR) is 107 cm³/mol. The van der Waals surface area contributed by atoms with Gasteiger partial charge in [0.05, 0.1) is 5.75 Å². The zero-order valence-electron chi connectivity index (χ0n) is 15.8. The van der Waals surface area contributed by atoms with Crippen molar-refractivity contribution >= 4 is 23.4 Å². The molecule has 1 aromatic carbocycles. The number of benzene rings is 1. The van der Waals surface area contributed by atoms with Gasteiger partial charge in [-0.25, -0.2) is 0 Å². The molecular weight excluding hydrogens is 344 g/mol. The number of carbonyl (C=O) groups excluding carboxylic acids is 1. The van der Waals surface area contributed by atoms with Crippen LogP contribution in [0.3, 0.4) is 0 Å². The highest BCUT2D eigenvalue weighted by Gasteiger charge is 2.24. The van der Waals surface area contributed by atoms with Crippen LogP contribution < -0.4 is 4.90 Å². The predicted octanol–water partition coefficient (Wildman–Crippen LogP) is 4.01. The first-order chi connectivity index (χ1) is 12.7. The van der Waals surface area contributed by atoms with Crippen LogP contribution in [0.1, 0.15) is 50.4 Å². The highest BCUT2D eigenvalue weighted by atomic mass is 32.2. The Balaban J connectivity index is 1.50. The van der Waals surface area contributed by atoms with Crippen molar-refractivity contribution in [1.29, 1.82) is 0 Å². The van der Waals surface area contributed by atoms with E-state index in [0.717, 1.165) is 42.5 Å². The Bertz CT molecular complexity index is 743. The maximum atomic E-state index is 12.6. The fourth-order valence-electron chi connectivity index (χ4n) is 3.38. The molecule has 0 bridgehead atoms. The van der Waals surface area contributed by atoms with Gasteiger partial charge in [0.15, 0.2) is 5.16 Å². The number of hydrogen-bond acceptors (Lipinski definition) is 4. The van der Waals surface area contributed by atoms with Crippen LogP contribution in [0.25, 0.3) is 0 Å². The first-order valence-corrected chi connectivity index (χ1v) is 10.6. The third-order valence-electron chi connectivity index (χ3n) is 4.94. The van der Waals surface area contributed by atoms with Crippen LogP contribution in [0.4, 0.5) is 5.69 Å². The van der Waals surface area contributed by atoms with Crippen molar-refractivity contribution in [2.24, 2.45) is 7.05 Å². The lowest BCUT2D eigenvalue weighted by molar-refractivity contribution is -0.116. The minimum absolute atomic E-state index is 0.143. The van der Waals surface area contributed by atoms with Crippen molar-refractivity contribution in [1.82, 2.24) is 14.8 Å². The molecule has 2 aromatic rings. The molecule has 5 nitrogen and oxygen atoms in total. The van der Waals surface area contributed by atoms with Gasteiger partial charge in [0.1, 0.15) is 5.82 Å². The molecule has 3 rings (SSSR count). The van der Waals surface area contributed by atoms with Crippen molar-refractivity contribution in [2.45, 2.75) is 57.0 Å². The molecule has 0 saturated carbocycles. The van der Waals surface area contributed by atoms with E-state index >= 15 is 0 Å². The maximum absolute atomic E-state index is 12.6. The zero-order valence-corrected chi connectivity index (χ0v) is 16.6. The zero-order chi connectivity index (χ0) is 18.4. The van der Waals surface area contributed by atoms with Crippen molar-refractivity contribution in [3.05, 3.63) is 35.7 Å². The lowest BCUT2D eigenvalue weighted by Crippen LogP contribution is -2.30. The largest absolute Gasteiger partial charge is 0.311 e. The summed E-state index contributed by atoms with van der Waals surface area (Å²) in [6.07, 6.45) is 8.17. The fraction of sp³-hybridized carbons (Fsp3) is 0.550. The Labute approximate surface area is 160 Å². The van der Waals surface area contributed by atoms with Crippen molar-refractivity contribution in [2.75, 3.05) is 17.2 Å². The topological polar surface area (TPSA) is 51.0 Å². The molecule has 2 heterocycles. The van der Waals surface area contributed by atoms with E-state index < -0.39 is 0 Å².